The minimum Gasteiger partial charge on any atom is -0.455 e. The highest BCUT2D eigenvalue weighted by atomic mass is 16.3. The van der Waals surface area contributed by atoms with Crippen LogP contribution in [0.25, 0.3) is 88.0 Å². The molecule has 1 nitrogen and oxygen atoms in total. The van der Waals surface area contributed by atoms with Gasteiger partial charge in [-0.05, 0) is 72.6 Å². The summed E-state index contributed by atoms with van der Waals surface area (Å²) in [5, 5.41) is 2.33. The standard InChI is InChI=1S/C44H28O/c1-3-12-29(13-4-1)30-22-24-31(25-23-30)34-20-11-21-39-40-28-33(26-27-41(40)45-44(34)39)43-37-18-9-7-16-35(37)42(32-14-5-2-6-15-32)36-17-8-10-19-38(36)43/h1-28H/i7D,8D,9D,10D,16D,17D,18D,19D. The van der Waals surface area contributed by atoms with Crippen molar-refractivity contribution in [2.75, 3.05) is 0 Å². The summed E-state index contributed by atoms with van der Waals surface area (Å²) < 4.78 is 78.0. The Balaban J connectivity index is 1.36. The summed E-state index contributed by atoms with van der Waals surface area (Å²) in [6, 6.07) is 36.1. The van der Waals surface area contributed by atoms with Gasteiger partial charge in [0.1, 0.15) is 11.2 Å². The maximum absolute atomic E-state index is 9.23. The first-order valence-electron chi connectivity index (χ1n) is 18.8. The molecule has 0 saturated carbocycles. The van der Waals surface area contributed by atoms with Crippen molar-refractivity contribution in [1.29, 1.82) is 0 Å². The van der Waals surface area contributed by atoms with Crippen LogP contribution in [0.5, 0.6) is 0 Å². The Hall–Kier alpha value is -5.92. The Bertz CT molecular complexity index is 2870. The van der Waals surface area contributed by atoms with Crippen LogP contribution in [0, 0.1) is 0 Å². The van der Waals surface area contributed by atoms with Gasteiger partial charge in [-0.3, -0.25) is 0 Å². The smallest absolute Gasteiger partial charge is 0.143 e. The highest BCUT2D eigenvalue weighted by Crippen LogP contribution is 2.45. The highest BCUT2D eigenvalue weighted by molar-refractivity contribution is 6.22. The average molecular weight is 581 g/mol. The third kappa shape index (κ3) is 4.17. The monoisotopic (exact) mass is 580 g/mol. The van der Waals surface area contributed by atoms with E-state index in [1.807, 2.05) is 54.6 Å². The molecule has 0 bridgehead atoms. The Labute approximate surface area is 272 Å². The van der Waals surface area contributed by atoms with E-state index < -0.39 is 24.2 Å². The van der Waals surface area contributed by atoms with Crippen molar-refractivity contribution in [2.45, 2.75) is 0 Å². The fourth-order valence-electron chi connectivity index (χ4n) is 6.46. The van der Waals surface area contributed by atoms with Gasteiger partial charge in [0.25, 0.3) is 0 Å². The molecule has 0 spiro atoms. The highest BCUT2D eigenvalue weighted by Gasteiger charge is 2.18. The van der Waals surface area contributed by atoms with Crippen molar-refractivity contribution in [3.8, 4) is 44.5 Å². The van der Waals surface area contributed by atoms with Gasteiger partial charge in [0.05, 0.1) is 11.0 Å². The average Bonchev–Trinajstić information content (AvgIpc) is 3.58. The van der Waals surface area contributed by atoms with Crippen LogP contribution >= 0.6 is 0 Å². The number of fused-ring (bicyclic) bond motifs is 5. The Morgan fingerprint density at radius 2 is 0.889 bits per heavy atom. The van der Waals surface area contributed by atoms with Crippen LogP contribution in [0.2, 0.25) is 0 Å². The molecule has 0 fully saturated rings. The molecular weight excluding hydrogens is 544 g/mol. The summed E-state index contributed by atoms with van der Waals surface area (Å²) in [6.45, 7) is 0. The third-order valence-corrected chi connectivity index (χ3v) is 8.53. The van der Waals surface area contributed by atoms with Gasteiger partial charge in [0, 0.05) is 16.3 Å². The molecule has 0 aliphatic rings. The summed E-state index contributed by atoms with van der Waals surface area (Å²) in [5.74, 6) is 0. The van der Waals surface area contributed by atoms with Crippen molar-refractivity contribution in [2.24, 2.45) is 0 Å². The number of furan rings is 1. The third-order valence-electron chi connectivity index (χ3n) is 8.53. The number of para-hydroxylation sites is 1. The van der Waals surface area contributed by atoms with E-state index in [9.17, 15) is 2.74 Å². The molecule has 0 atom stereocenters. The van der Waals surface area contributed by atoms with Crippen molar-refractivity contribution in [3.05, 3.63) is 170 Å². The Morgan fingerprint density at radius 1 is 0.378 bits per heavy atom. The molecule has 0 aliphatic carbocycles. The summed E-state index contributed by atoms with van der Waals surface area (Å²) in [7, 11) is 0. The van der Waals surface area contributed by atoms with E-state index >= 15 is 0 Å². The number of benzene rings is 8. The first kappa shape index (κ1) is 18.7. The van der Waals surface area contributed by atoms with E-state index in [1.54, 1.807) is 30.3 Å². The molecule has 0 unspecified atom stereocenters. The van der Waals surface area contributed by atoms with Crippen LogP contribution in [0.3, 0.4) is 0 Å². The van der Waals surface area contributed by atoms with E-state index in [0.717, 1.165) is 33.0 Å². The second-order valence-electron chi connectivity index (χ2n) is 11.1. The number of rotatable bonds is 4. The van der Waals surface area contributed by atoms with Gasteiger partial charge in [-0.2, -0.15) is 0 Å². The maximum Gasteiger partial charge on any atom is 0.143 e. The predicted octanol–water partition coefficient (Wildman–Crippen LogP) is 12.6. The maximum atomic E-state index is 9.23. The lowest BCUT2D eigenvalue weighted by Gasteiger charge is -2.17. The van der Waals surface area contributed by atoms with E-state index in [0.29, 0.717) is 33.4 Å². The van der Waals surface area contributed by atoms with E-state index in [1.165, 1.54) is 0 Å². The van der Waals surface area contributed by atoms with Crippen LogP contribution in [0.1, 0.15) is 11.0 Å². The minimum atomic E-state index is -0.430. The van der Waals surface area contributed by atoms with E-state index in [4.69, 9.17) is 12.6 Å². The molecule has 9 aromatic rings. The van der Waals surface area contributed by atoms with Gasteiger partial charge < -0.3 is 4.42 Å². The Morgan fingerprint density at radius 3 is 1.51 bits per heavy atom. The number of hydrogen-bond donors (Lipinski definition) is 0. The van der Waals surface area contributed by atoms with Crippen LogP contribution < -0.4 is 0 Å². The molecule has 8 aromatic carbocycles. The lowest BCUT2D eigenvalue weighted by atomic mass is 9.86. The molecule has 0 N–H and O–H groups in total. The molecule has 1 aromatic heterocycles. The molecule has 0 saturated heterocycles. The van der Waals surface area contributed by atoms with E-state index in [-0.39, 0.29) is 45.7 Å². The molecule has 1 heterocycles. The first-order valence-corrected chi connectivity index (χ1v) is 14.8. The van der Waals surface area contributed by atoms with Gasteiger partial charge in [0.2, 0.25) is 0 Å². The molecule has 45 heavy (non-hydrogen) atoms. The van der Waals surface area contributed by atoms with Crippen molar-refractivity contribution in [3.63, 3.8) is 0 Å². The molecule has 0 radical (unpaired) electrons. The fraction of sp³-hybridized carbons (Fsp3) is 0. The molecule has 0 aliphatic heterocycles. The van der Waals surface area contributed by atoms with Gasteiger partial charge >= 0.3 is 0 Å². The van der Waals surface area contributed by atoms with Gasteiger partial charge in [-0.1, -0.05) is 158 Å². The second kappa shape index (κ2) is 10.4. The zero-order chi connectivity index (χ0) is 36.7. The normalized spacial score (nSPS) is 14.0. The van der Waals surface area contributed by atoms with Crippen LogP contribution in [0.15, 0.2) is 174 Å². The summed E-state index contributed by atoms with van der Waals surface area (Å²) >= 11 is 0. The lowest BCUT2D eigenvalue weighted by Crippen LogP contribution is -1.90. The Kier molecular flexibility index (Phi) is 4.30. The number of hydrogen-bond acceptors (Lipinski definition) is 1. The zero-order valence-electron chi connectivity index (χ0n) is 32.0. The summed E-state index contributed by atoms with van der Waals surface area (Å²) in [4.78, 5) is 0. The topological polar surface area (TPSA) is 13.1 Å². The van der Waals surface area contributed by atoms with E-state index in [2.05, 4.69) is 36.4 Å². The van der Waals surface area contributed by atoms with Crippen LogP contribution in [-0.2, 0) is 0 Å². The predicted molar refractivity (Wildman–Crippen MR) is 190 cm³/mol. The fourth-order valence-corrected chi connectivity index (χ4v) is 6.46. The minimum absolute atomic E-state index is 0.179. The van der Waals surface area contributed by atoms with Gasteiger partial charge in [-0.15, -0.1) is 0 Å². The van der Waals surface area contributed by atoms with Crippen molar-refractivity contribution < 1.29 is 15.4 Å². The summed E-state index contributed by atoms with van der Waals surface area (Å²) in [5.41, 5.74) is 7.15. The van der Waals surface area contributed by atoms with Crippen LogP contribution in [-0.4, -0.2) is 0 Å². The molecule has 0 amide bonds. The summed E-state index contributed by atoms with van der Waals surface area (Å²) in [6.07, 6.45) is 0. The quantitative estimate of drug-likeness (QED) is 0.189. The second-order valence-corrected chi connectivity index (χ2v) is 11.1. The van der Waals surface area contributed by atoms with Gasteiger partial charge in [0.15, 0.2) is 0 Å². The molecule has 210 valence electrons. The molecule has 9 rings (SSSR count). The van der Waals surface area contributed by atoms with Gasteiger partial charge in [-0.25, -0.2) is 0 Å². The molecular formula is C44H28O. The van der Waals surface area contributed by atoms with Crippen LogP contribution in [0.4, 0.5) is 0 Å². The first-order chi connectivity index (χ1) is 25.7. The zero-order valence-corrected chi connectivity index (χ0v) is 24.0. The molecule has 1 heteroatoms. The largest absolute Gasteiger partial charge is 0.455 e. The SMILES string of the molecule is [2H]c1c([2H])c([2H])c2c(-c3ccc4oc5c(-c6ccc(-c7ccccc7)cc6)cccc5c4c3)c3c([2H])c([2H])c([2H])c([2H])c3c(-c3ccccc3)c2c1[2H]. The van der Waals surface area contributed by atoms with Crippen molar-refractivity contribution >= 4 is 43.5 Å². The van der Waals surface area contributed by atoms with Crippen molar-refractivity contribution in [1.82, 2.24) is 0 Å². The lowest BCUT2D eigenvalue weighted by molar-refractivity contribution is 0.670.